The van der Waals surface area contributed by atoms with Crippen molar-refractivity contribution in [1.82, 2.24) is 5.32 Å². The third kappa shape index (κ3) is 3.93. The highest BCUT2D eigenvalue weighted by atomic mass is 16.5. The van der Waals surface area contributed by atoms with Gasteiger partial charge in [-0.25, -0.2) is 0 Å². The second kappa shape index (κ2) is 6.37. The van der Waals surface area contributed by atoms with Crippen LogP contribution in [0, 0.1) is 0 Å². The molecule has 1 aromatic rings. The van der Waals surface area contributed by atoms with Crippen molar-refractivity contribution in [1.29, 1.82) is 0 Å². The largest absolute Gasteiger partial charge is 0.494 e. The van der Waals surface area contributed by atoms with Crippen molar-refractivity contribution in [2.45, 2.75) is 31.9 Å². The summed E-state index contributed by atoms with van der Waals surface area (Å²) in [5.41, 5.74) is 0.477. The van der Waals surface area contributed by atoms with E-state index in [1.807, 2.05) is 19.1 Å². The van der Waals surface area contributed by atoms with Crippen LogP contribution in [-0.4, -0.2) is 37.1 Å². The van der Waals surface area contributed by atoms with E-state index in [4.69, 9.17) is 9.47 Å². The van der Waals surface area contributed by atoms with Gasteiger partial charge >= 0.3 is 0 Å². The average Bonchev–Trinajstić information content (AvgIpc) is 2.85. The number of nitrogens with one attached hydrogen (secondary N) is 1. The number of rotatable bonds is 6. The van der Waals surface area contributed by atoms with Crippen LogP contribution < -0.4 is 10.1 Å². The number of aliphatic hydroxyl groups is 1. The molecule has 2 unspecified atom stereocenters. The summed E-state index contributed by atoms with van der Waals surface area (Å²) in [4.78, 5) is 0. The van der Waals surface area contributed by atoms with Gasteiger partial charge in [0.25, 0.3) is 0 Å². The van der Waals surface area contributed by atoms with Crippen molar-refractivity contribution >= 4 is 0 Å². The molecule has 1 aliphatic rings. The highest BCUT2D eigenvalue weighted by Crippen LogP contribution is 2.21. The Bertz CT molecular complexity index is 385. The standard InChI is InChI=1S/C15H23NO3/c1-3-19-14-6-4-13(5-7-14)12(2)16-10-15(17)8-9-18-11-15/h4-7,12,16-17H,3,8-11H2,1-2H3. The molecule has 4 nitrogen and oxygen atoms in total. The quantitative estimate of drug-likeness (QED) is 0.824. The molecule has 1 heterocycles. The first-order chi connectivity index (χ1) is 9.13. The zero-order valence-corrected chi connectivity index (χ0v) is 11.7. The molecule has 0 aromatic heterocycles. The van der Waals surface area contributed by atoms with Crippen LogP contribution in [0.1, 0.15) is 31.9 Å². The number of benzene rings is 1. The molecular weight excluding hydrogens is 242 g/mol. The van der Waals surface area contributed by atoms with Gasteiger partial charge in [-0.2, -0.15) is 0 Å². The van der Waals surface area contributed by atoms with Crippen molar-refractivity contribution in [2.24, 2.45) is 0 Å². The molecule has 4 heteroatoms. The number of ether oxygens (including phenoxy) is 2. The van der Waals surface area contributed by atoms with E-state index in [0.717, 1.165) is 5.75 Å². The molecule has 2 rings (SSSR count). The molecule has 1 saturated heterocycles. The van der Waals surface area contributed by atoms with Gasteiger partial charge in [-0.3, -0.25) is 0 Å². The van der Waals surface area contributed by atoms with Crippen LogP contribution in [-0.2, 0) is 4.74 Å². The first kappa shape index (κ1) is 14.3. The molecule has 0 spiro atoms. The minimum Gasteiger partial charge on any atom is -0.494 e. The van der Waals surface area contributed by atoms with Crippen LogP contribution in [0.25, 0.3) is 0 Å². The van der Waals surface area contributed by atoms with Gasteiger partial charge in [0.05, 0.1) is 13.2 Å². The van der Waals surface area contributed by atoms with Crippen molar-refractivity contribution in [3.8, 4) is 5.75 Å². The first-order valence-corrected chi connectivity index (χ1v) is 6.89. The Labute approximate surface area is 114 Å². The van der Waals surface area contributed by atoms with Crippen molar-refractivity contribution in [3.63, 3.8) is 0 Å². The topological polar surface area (TPSA) is 50.7 Å². The number of hydrogen-bond acceptors (Lipinski definition) is 4. The van der Waals surface area contributed by atoms with Crippen LogP contribution in [0.15, 0.2) is 24.3 Å². The molecule has 1 aromatic carbocycles. The maximum absolute atomic E-state index is 10.2. The highest BCUT2D eigenvalue weighted by molar-refractivity contribution is 5.28. The smallest absolute Gasteiger partial charge is 0.119 e. The molecule has 2 atom stereocenters. The fourth-order valence-electron chi connectivity index (χ4n) is 2.22. The fraction of sp³-hybridized carbons (Fsp3) is 0.600. The molecule has 0 bridgehead atoms. The summed E-state index contributed by atoms with van der Waals surface area (Å²) in [5.74, 6) is 0.890. The van der Waals surface area contributed by atoms with Crippen LogP contribution in [0.3, 0.4) is 0 Å². The maximum Gasteiger partial charge on any atom is 0.119 e. The molecule has 19 heavy (non-hydrogen) atoms. The van der Waals surface area contributed by atoms with E-state index < -0.39 is 5.60 Å². The summed E-state index contributed by atoms with van der Waals surface area (Å²) in [6.07, 6.45) is 0.704. The SMILES string of the molecule is CCOc1ccc(C(C)NCC2(O)CCOC2)cc1. The van der Waals surface area contributed by atoms with Crippen molar-refractivity contribution < 1.29 is 14.6 Å². The molecule has 0 amide bonds. The predicted octanol–water partition coefficient (Wildman–Crippen LogP) is 1.89. The van der Waals surface area contributed by atoms with Gasteiger partial charge in [0, 0.05) is 25.6 Å². The molecule has 0 aliphatic carbocycles. The lowest BCUT2D eigenvalue weighted by Crippen LogP contribution is -2.41. The van der Waals surface area contributed by atoms with Gasteiger partial charge in [0.1, 0.15) is 11.4 Å². The van der Waals surface area contributed by atoms with Gasteiger partial charge in [-0.1, -0.05) is 12.1 Å². The van der Waals surface area contributed by atoms with E-state index in [-0.39, 0.29) is 6.04 Å². The van der Waals surface area contributed by atoms with Crippen molar-refractivity contribution in [3.05, 3.63) is 29.8 Å². The third-order valence-electron chi connectivity index (χ3n) is 3.51. The molecule has 1 aliphatic heterocycles. The minimum absolute atomic E-state index is 0.195. The Hall–Kier alpha value is -1.10. The molecule has 0 saturated carbocycles. The Balaban J connectivity index is 1.86. The Morgan fingerprint density at radius 2 is 2.16 bits per heavy atom. The normalized spacial score (nSPS) is 24.4. The second-order valence-corrected chi connectivity index (χ2v) is 5.13. The zero-order valence-electron chi connectivity index (χ0n) is 11.7. The Kier molecular flexibility index (Phi) is 4.80. The molecule has 2 N–H and O–H groups in total. The lowest BCUT2D eigenvalue weighted by molar-refractivity contribution is 0.0252. The molecule has 1 fully saturated rings. The summed E-state index contributed by atoms with van der Waals surface area (Å²) < 4.78 is 10.7. The fourth-order valence-corrected chi connectivity index (χ4v) is 2.22. The summed E-state index contributed by atoms with van der Waals surface area (Å²) in [5, 5.41) is 13.6. The lowest BCUT2D eigenvalue weighted by Gasteiger charge is -2.24. The van der Waals surface area contributed by atoms with Crippen LogP contribution in [0.4, 0.5) is 0 Å². The molecular formula is C15H23NO3. The first-order valence-electron chi connectivity index (χ1n) is 6.89. The van der Waals surface area contributed by atoms with Gasteiger partial charge in [0.15, 0.2) is 0 Å². The summed E-state index contributed by atoms with van der Waals surface area (Å²) >= 11 is 0. The predicted molar refractivity (Wildman–Crippen MR) is 74.4 cm³/mol. The minimum atomic E-state index is -0.709. The molecule has 0 radical (unpaired) electrons. The van der Waals surface area contributed by atoms with E-state index in [1.165, 1.54) is 5.56 Å². The van der Waals surface area contributed by atoms with Crippen LogP contribution >= 0.6 is 0 Å². The van der Waals surface area contributed by atoms with Gasteiger partial charge in [0.2, 0.25) is 0 Å². The van der Waals surface area contributed by atoms with E-state index in [1.54, 1.807) is 0 Å². The monoisotopic (exact) mass is 265 g/mol. The summed E-state index contributed by atoms with van der Waals surface area (Å²) in [6, 6.07) is 8.25. The Morgan fingerprint density at radius 3 is 2.74 bits per heavy atom. The third-order valence-corrected chi connectivity index (χ3v) is 3.51. The van der Waals surface area contributed by atoms with Gasteiger partial charge in [-0.05, 0) is 31.5 Å². The van der Waals surface area contributed by atoms with E-state index in [2.05, 4.69) is 24.4 Å². The highest BCUT2D eigenvalue weighted by Gasteiger charge is 2.32. The lowest BCUT2D eigenvalue weighted by atomic mass is 10.0. The summed E-state index contributed by atoms with van der Waals surface area (Å²) in [6.45, 7) is 6.38. The Morgan fingerprint density at radius 1 is 1.42 bits per heavy atom. The van der Waals surface area contributed by atoms with E-state index in [9.17, 15) is 5.11 Å². The zero-order chi connectivity index (χ0) is 13.7. The van der Waals surface area contributed by atoms with Crippen LogP contribution in [0.2, 0.25) is 0 Å². The molecule has 106 valence electrons. The maximum atomic E-state index is 10.2. The van der Waals surface area contributed by atoms with E-state index in [0.29, 0.717) is 32.8 Å². The van der Waals surface area contributed by atoms with Crippen LogP contribution in [0.5, 0.6) is 5.75 Å². The average molecular weight is 265 g/mol. The van der Waals surface area contributed by atoms with Gasteiger partial charge < -0.3 is 19.9 Å². The van der Waals surface area contributed by atoms with E-state index >= 15 is 0 Å². The van der Waals surface area contributed by atoms with Crippen molar-refractivity contribution in [2.75, 3.05) is 26.4 Å². The van der Waals surface area contributed by atoms with Gasteiger partial charge in [-0.15, -0.1) is 0 Å². The summed E-state index contributed by atoms with van der Waals surface area (Å²) in [7, 11) is 0. The number of hydrogen-bond donors (Lipinski definition) is 2. The second-order valence-electron chi connectivity index (χ2n) is 5.13.